The molecule has 0 atom stereocenters. The summed E-state index contributed by atoms with van der Waals surface area (Å²) in [6.45, 7) is 13.5. The summed E-state index contributed by atoms with van der Waals surface area (Å²) in [6.07, 6.45) is 1.67. The van der Waals surface area contributed by atoms with Gasteiger partial charge in [-0.2, -0.15) is 0 Å². The second kappa shape index (κ2) is 6.42. The fraction of sp³-hybridized carbons (Fsp3) is 0.556. The molecule has 1 rings (SSSR count). The van der Waals surface area contributed by atoms with Crippen LogP contribution >= 0.6 is 0 Å². The summed E-state index contributed by atoms with van der Waals surface area (Å²) >= 11 is 0. The minimum Gasteiger partial charge on any atom is -0.357 e. The average Bonchev–Trinajstić information content (AvgIpc) is 2.36. The van der Waals surface area contributed by atoms with Crippen LogP contribution in [0.25, 0.3) is 0 Å². The average molecular weight is 289 g/mol. The molecule has 0 aromatic heterocycles. The first-order chi connectivity index (χ1) is 9.59. The van der Waals surface area contributed by atoms with E-state index in [2.05, 4.69) is 59.7 Å². The van der Waals surface area contributed by atoms with Crippen LogP contribution in [0.2, 0.25) is 0 Å². The summed E-state index contributed by atoms with van der Waals surface area (Å²) in [5, 5.41) is 0. The highest BCUT2D eigenvalue weighted by Crippen LogP contribution is 2.33. The zero-order chi connectivity index (χ0) is 16.3. The van der Waals surface area contributed by atoms with Gasteiger partial charge in [-0.3, -0.25) is 0 Å². The molecule has 0 aliphatic rings. The van der Waals surface area contributed by atoms with Crippen LogP contribution in [-0.4, -0.2) is 25.7 Å². The van der Waals surface area contributed by atoms with Crippen LogP contribution in [0.1, 0.15) is 52.7 Å². The number of carbonyl (C=O) groups excluding carboxylic acids is 2. The van der Waals surface area contributed by atoms with Crippen molar-refractivity contribution in [2.45, 2.75) is 52.4 Å². The van der Waals surface area contributed by atoms with Gasteiger partial charge < -0.3 is 14.5 Å². The molecule has 116 valence electrons. The molecule has 0 heterocycles. The van der Waals surface area contributed by atoms with Gasteiger partial charge in [-0.25, -0.2) is 0 Å². The third-order valence-corrected chi connectivity index (χ3v) is 3.60. The number of benzene rings is 1. The van der Waals surface area contributed by atoms with E-state index in [1.54, 1.807) is 0 Å². The van der Waals surface area contributed by atoms with E-state index < -0.39 is 0 Å². The van der Waals surface area contributed by atoms with E-state index in [0.717, 1.165) is 18.3 Å². The lowest BCUT2D eigenvalue weighted by molar-refractivity contribution is -0.107. The van der Waals surface area contributed by atoms with Crippen LogP contribution in [0, 0.1) is 0 Å². The Morgan fingerprint density at radius 2 is 1.19 bits per heavy atom. The number of hydrogen-bond donors (Lipinski definition) is 0. The number of hydrogen-bond acceptors (Lipinski definition) is 3. The van der Waals surface area contributed by atoms with Crippen LogP contribution < -0.4 is 4.90 Å². The molecule has 0 saturated carbocycles. The second-order valence-electron chi connectivity index (χ2n) is 7.51. The Bertz CT molecular complexity index is 465. The predicted molar refractivity (Wildman–Crippen MR) is 88.2 cm³/mol. The Hall–Kier alpha value is -1.64. The molecule has 0 bridgehead atoms. The van der Waals surface area contributed by atoms with Crippen LogP contribution in [0.4, 0.5) is 5.69 Å². The van der Waals surface area contributed by atoms with E-state index in [1.165, 1.54) is 11.1 Å². The van der Waals surface area contributed by atoms with E-state index in [0.29, 0.717) is 0 Å². The molecule has 0 spiro atoms. The van der Waals surface area contributed by atoms with Gasteiger partial charge in [-0.1, -0.05) is 47.6 Å². The normalized spacial score (nSPS) is 12.1. The Balaban J connectivity index is 3.42. The molecular weight excluding hydrogens is 262 g/mol. The summed E-state index contributed by atoms with van der Waals surface area (Å²) in [5.74, 6) is 0. The summed E-state index contributed by atoms with van der Waals surface area (Å²) < 4.78 is 0. The fourth-order valence-electron chi connectivity index (χ4n) is 2.13. The van der Waals surface area contributed by atoms with Gasteiger partial charge in [0.1, 0.15) is 12.6 Å². The highest BCUT2D eigenvalue weighted by atomic mass is 16.1. The van der Waals surface area contributed by atoms with Crippen molar-refractivity contribution < 1.29 is 9.59 Å². The first-order valence-electron chi connectivity index (χ1n) is 7.38. The topological polar surface area (TPSA) is 37.4 Å². The van der Waals surface area contributed by atoms with Gasteiger partial charge in [-0.15, -0.1) is 0 Å². The molecule has 0 amide bonds. The first-order valence-corrected chi connectivity index (χ1v) is 7.38. The third-order valence-electron chi connectivity index (χ3n) is 3.60. The van der Waals surface area contributed by atoms with Gasteiger partial charge in [0.2, 0.25) is 0 Å². The minimum atomic E-state index is 0.0179. The monoisotopic (exact) mass is 289 g/mol. The van der Waals surface area contributed by atoms with Gasteiger partial charge in [0, 0.05) is 5.69 Å². The van der Waals surface area contributed by atoms with Crippen LogP contribution in [0.3, 0.4) is 0 Å². The molecule has 1 aromatic carbocycles. The lowest BCUT2D eigenvalue weighted by atomic mass is 9.80. The van der Waals surface area contributed by atoms with Gasteiger partial charge in [0.05, 0.1) is 13.1 Å². The molecule has 21 heavy (non-hydrogen) atoms. The van der Waals surface area contributed by atoms with Gasteiger partial charge >= 0.3 is 0 Å². The molecule has 3 nitrogen and oxygen atoms in total. The number of anilines is 1. The molecule has 0 aliphatic heterocycles. The SMILES string of the molecule is CC(C)(C)c1cc(N(CC=O)CC=O)cc(C(C)(C)C)c1. The van der Waals surface area contributed by atoms with Crippen LogP contribution in [0.5, 0.6) is 0 Å². The van der Waals surface area contributed by atoms with E-state index >= 15 is 0 Å². The van der Waals surface area contributed by atoms with Crippen molar-refractivity contribution >= 4 is 18.3 Å². The van der Waals surface area contributed by atoms with Crippen molar-refractivity contribution in [2.75, 3.05) is 18.0 Å². The van der Waals surface area contributed by atoms with Crippen molar-refractivity contribution in [3.05, 3.63) is 29.3 Å². The molecule has 0 radical (unpaired) electrons. The highest BCUT2D eigenvalue weighted by molar-refractivity contribution is 5.68. The standard InChI is InChI=1S/C18H27NO2/c1-17(2,3)14-11-15(18(4,5)6)13-16(12-14)19(7-9-20)8-10-21/h9-13H,7-8H2,1-6H3. The largest absolute Gasteiger partial charge is 0.357 e. The number of aldehydes is 2. The summed E-state index contributed by atoms with van der Waals surface area (Å²) in [4.78, 5) is 23.5. The summed E-state index contributed by atoms with van der Waals surface area (Å²) in [5.41, 5.74) is 3.40. The molecule has 1 aromatic rings. The number of carbonyl (C=O) groups is 2. The van der Waals surface area contributed by atoms with Gasteiger partial charge in [-0.05, 0) is 34.1 Å². The Morgan fingerprint density at radius 3 is 1.48 bits per heavy atom. The number of rotatable bonds is 5. The lowest BCUT2D eigenvalue weighted by Crippen LogP contribution is -2.28. The zero-order valence-electron chi connectivity index (χ0n) is 14.1. The van der Waals surface area contributed by atoms with Crippen molar-refractivity contribution in [1.82, 2.24) is 0 Å². The first kappa shape index (κ1) is 17.4. The van der Waals surface area contributed by atoms with Gasteiger partial charge in [0.15, 0.2) is 0 Å². The Labute approximate surface area is 128 Å². The zero-order valence-corrected chi connectivity index (χ0v) is 14.1. The van der Waals surface area contributed by atoms with E-state index in [-0.39, 0.29) is 23.9 Å². The lowest BCUT2D eigenvalue weighted by Gasteiger charge is -2.29. The van der Waals surface area contributed by atoms with E-state index in [1.807, 2.05) is 4.90 Å². The van der Waals surface area contributed by atoms with Crippen molar-refractivity contribution in [3.63, 3.8) is 0 Å². The maximum Gasteiger partial charge on any atom is 0.139 e. The van der Waals surface area contributed by atoms with Gasteiger partial charge in [0.25, 0.3) is 0 Å². The molecular formula is C18H27NO2. The molecule has 0 fully saturated rings. The van der Waals surface area contributed by atoms with Crippen molar-refractivity contribution in [3.8, 4) is 0 Å². The molecule has 0 N–H and O–H groups in total. The van der Waals surface area contributed by atoms with E-state index in [4.69, 9.17) is 0 Å². The smallest absolute Gasteiger partial charge is 0.139 e. The maximum atomic E-state index is 10.9. The fourth-order valence-corrected chi connectivity index (χ4v) is 2.13. The maximum absolute atomic E-state index is 10.9. The van der Waals surface area contributed by atoms with Crippen LogP contribution in [-0.2, 0) is 20.4 Å². The molecule has 0 saturated heterocycles. The van der Waals surface area contributed by atoms with Crippen LogP contribution in [0.15, 0.2) is 18.2 Å². The summed E-state index contributed by atoms with van der Waals surface area (Å²) in [6, 6.07) is 6.40. The Kier molecular flexibility index (Phi) is 5.32. The van der Waals surface area contributed by atoms with E-state index in [9.17, 15) is 9.59 Å². The molecule has 0 unspecified atom stereocenters. The molecule has 3 heteroatoms. The minimum absolute atomic E-state index is 0.0179. The van der Waals surface area contributed by atoms with Crippen molar-refractivity contribution in [1.29, 1.82) is 0 Å². The third kappa shape index (κ3) is 4.69. The summed E-state index contributed by atoms with van der Waals surface area (Å²) in [7, 11) is 0. The number of nitrogens with zero attached hydrogens (tertiary/aromatic N) is 1. The highest BCUT2D eigenvalue weighted by Gasteiger charge is 2.21. The Morgan fingerprint density at radius 1 is 0.810 bits per heavy atom. The second-order valence-corrected chi connectivity index (χ2v) is 7.51. The predicted octanol–water partition coefficient (Wildman–Crippen LogP) is 3.49. The van der Waals surface area contributed by atoms with Crippen molar-refractivity contribution in [2.24, 2.45) is 0 Å². The quantitative estimate of drug-likeness (QED) is 0.779. The molecule has 0 aliphatic carbocycles.